The van der Waals surface area contributed by atoms with Crippen molar-refractivity contribution in [2.75, 3.05) is 17.3 Å². The van der Waals surface area contributed by atoms with E-state index < -0.39 is 0 Å². The average molecular weight is 345 g/mol. The Kier molecular flexibility index (Phi) is 4.18. The Labute approximate surface area is 151 Å². The van der Waals surface area contributed by atoms with E-state index in [1.54, 1.807) is 6.20 Å². The van der Waals surface area contributed by atoms with Gasteiger partial charge in [0, 0.05) is 25.4 Å². The van der Waals surface area contributed by atoms with E-state index in [9.17, 15) is 0 Å². The zero-order valence-corrected chi connectivity index (χ0v) is 14.7. The van der Waals surface area contributed by atoms with Gasteiger partial charge in [-0.1, -0.05) is 31.2 Å². The number of para-hydroxylation sites is 1. The number of imidazole rings is 1. The standard InChI is InChI=1S/C19H19N7/c1-3-16-21-17(23-18-20-13-15-11-7-8-12-26(15)18)24-19(22-16)25(2)14-9-5-4-6-10-14/h4-13H,3H2,1-2H3,(H,20,21,22,23,24). The van der Waals surface area contributed by atoms with Gasteiger partial charge in [-0.25, -0.2) is 4.98 Å². The fourth-order valence-corrected chi connectivity index (χ4v) is 2.67. The molecule has 0 aliphatic rings. The normalized spacial score (nSPS) is 10.8. The molecule has 0 amide bonds. The number of fused-ring (bicyclic) bond motifs is 1. The molecule has 0 atom stereocenters. The molecule has 3 aromatic heterocycles. The summed E-state index contributed by atoms with van der Waals surface area (Å²) in [6.45, 7) is 2.02. The smallest absolute Gasteiger partial charge is 0.234 e. The van der Waals surface area contributed by atoms with Crippen molar-refractivity contribution in [3.8, 4) is 0 Å². The summed E-state index contributed by atoms with van der Waals surface area (Å²) in [6, 6.07) is 15.9. The maximum Gasteiger partial charge on any atom is 0.234 e. The van der Waals surface area contributed by atoms with Gasteiger partial charge >= 0.3 is 0 Å². The predicted octanol–water partition coefficient (Wildman–Crippen LogP) is 3.59. The minimum atomic E-state index is 0.478. The first-order valence-electron chi connectivity index (χ1n) is 8.47. The maximum atomic E-state index is 4.58. The molecule has 0 aliphatic heterocycles. The number of benzene rings is 1. The van der Waals surface area contributed by atoms with E-state index in [-0.39, 0.29) is 0 Å². The van der Waals surface area contributed by atoms with E-state index in [2.05, 4.69) is 25.3 Å². The second-order valence-corrected chi connectivity index (χ2v) is 5.83. The first-order chi connectivity index (χ1) is 12.7. The van der Waals surface area contributed by atoms with E-state index in [1.807, 2.05) is 78.0 Å². The molecule has 3 heterocycles. The van der Waals surface area contributed by atoms with Crippen molar-refractivity contribution >= 4 is 29.0 Å². The van der Waals surface area contributed by atoms with Crippen molar-refractivity contribution in [1.29, 1.82) is 0 Å². The molecule has 4 aromatic rings. The summed E-state index contributed by atoms with van der Waals surface area (Å²) in [4.78, 5) is 20.0. The number of aryl methyl sites for hydroxylation is 1. The second kappa shape index (κ2) is 6.79. The Balaban J connectivity index is 1.70. The molecule has 0 fully saturated rings. The minimum Gasteiger partial charge on any atom is -0.313 e. The highest BCUT2D eigenvalue weighted by Crippen LogP contribution is 2.22. The zero-order chi connectivity index (χ0) is 17.9. The van der Waals surface area contributed by atoms with Crippen LogP contribution < -0.4 is 10.2 Å². The summed E-state index contributed by atoms with van der Waals surface area (Å²) < 4.78 is 1.95. The van der Waals surface area contributed by atoms with Gasteiger partial charge in [0.25, 0.3) is 0 Å². The van der Waals surface area contributed by atoms with Crippen LogP contribution in [0.15, 0.2) is 60.9 Å². The van der Waals surface area contributed by atoms with Crippen LogP contribution in [-0.4, -0.2) is 31.4 Å². The number of hydrogen-bond donors (Lipinski definition) is 1. The summed E-state index contributed by atoms with van der Waals surface area (Å²) in [7, 11) is 1.94. The van der Waals surface area contributed by atoms with E-state index in [4.69, 9.17) is 0 Å². The Morgan fingerprint density at radius 1 is 1.00 bits per heavy atom. The van der Waals surface area contributed by atoms with Gasteiger partial charge in [0.1, 0.15) is 5.82 Å². The van der Waals surface area contributed by atoms with Crippen LogP contribution in [0.2, 0.25) is 0 Å². The molecular formula is C19H19N7. The van der Waals surface area contributed by atoms with Crippen LogP contribution in [0.4, 0.5) is 23.5 Å². The molecule has 130 valence electrons. The summed E-state index contributed by atoms with van der Waals surface area (Å²) in [5.41, 5.74) is 2.01. The highest BCUT2D eigenvalue weighted by molar-refractivity contribution is 5.59. The monoisotopic (exact) mass is 345 g/mol. The molecule has 4 rings (SSSR count). The van der Waals surface area contributed by atoms with Crippen molar-refractivity contribution in [2.45, 2.75) is 13.3 Å². The Bertz CT molecular complexity index is 1030. The summed E-state index contributed by atoms with van der Waals surface area (Å²) in [5, 5.41) is 3.21. The number of pyridine rings is 1. The van der Waals surface area contributed by atoms with Gasteiger partial charge in [-0.05, 0) is 24.3 Å². The lowest BCUT2D eigenvalue weighted by Gasteiger charge is -2.18. The molecule has 0 saturated carbocycles. The van der Waals surface area contributed by atoms with Crippen molar-refractivity contribution < 1.29 is 0 Å². The number of rotatable bonds is 5. The highest BCUT2D eigenvalue weighted by atomic mass is 15.3. The Hall–Kier alpha value is -3.48. The van der Waals surface area contributed by atoms with Gasteiger partial charge in [-0.2, -0.15) is 15.0 Å². The van der Waals surface area contributed by atoms with Gasteiger partial charge in [-0.15, -0.1) is 0 Å². The van der Waals surface area contributed by atoms with Gasteiger partial charge in [0.05, 0.1) is 11.7 Å². The molecule has 1 aromatic carbocycles. The molecular weight excluding hydrogens is 326 g/mol. The lowest BCUT2D eigenvalue weighted by Crippen LogP contribution is -2.16. The lowest BCUT2D eigenvalue weighted by atomic mass is 10.3. The third-order valence-electron chi connectivity index (χ3n) is 4.09. The SMILES string of the molecule is CCc1nc(Nc2ncc3ccccn23)nc(N(C)c2ccccc2)n1. The fraction of sp³-hybridized carbons (Fsp3) is 0.158. The van der Waals surface area contributed by atoms with Crippen molar-refractivity contribution in [3.63, 3.8) is 0 Å². The molecule has 7 heteroatoms. The third-order valence-corrected chi connectivity index (χ3v) is 4.09. The van der Waals surface area contributed by atoms with Crippen LogP contribution in [0.5, 0.6) is 0 Å². The molecule has 26 heavy (non-hydrogen) atoms. The minimum absolute atomic E-state index is 0.478. The van der Waals surface area contributed by atoms with Crippen molar-refractivity contribution in [2.24, 2.45) is 0 Å². The predicted molar refractivity (Wildman–Crippen MR) is 102 cm³/mol. The Morgan fingerprint density at radius 3 is 2.62 bits per heavy atom. The molecule has 0 radical (unpaired) electrons. The number of nitrogens with one attached hydrogen (secondary N) is 1. The second-order valence-electron chi connectivity index (χ2n) is 5.83. The van der Waals surface area contributed by atoms with Gasteiger partial charge in [0.15, 0.2) is 0 Å². The van der Waals surface area contributed by atoms with E-state index in [1.165, 1.54) is 0 Å². The first-order valence-corrected chi connectivity index (χ1v) is 8.47. The maximum absolute atomic E-state index is 4.58. The molecule has 0 saturated heterocycles. The van der Waals surface area contributed by atoms with E-state index in [0.717, 1.165) is 23.4 Å². The van der Waals surface area contributed by atoms with Crippen LogP contribution in [0.3, 0.4) is 0 Å². The van der Waals surface area contributed by atoms with Gasteiger partial charge in [0.2, 0.25) is 17.8 Å². The van der Waals surface area contributed by atoms with Crippen LogP contribution >= 0.6 is 0 Å². The number of aromatic nitrogens is 5. The molecule has 7 nitrogen and oxygen atoms in total. The molecule has 1 N–H and O–H groups in total. The molecule has 0 aliphatic carbocycles. The quantitative estimate of drug-likeness (QED) is 0.596. The Morgan fingerprint density at radius 2 is 1.81 bits per heavy atom. The fourth-order valence-electron chi connectivity index (χ4n) is 2.67. The number of nitrogens with zero attached hydrogens (tertiary/aromatic N) is 6. The number of hydrogen-bond acceptors (Lipinski definition) is 6. The largest absolute Gasteiger partial charge is 0.313 e. The summed E-state index contributed by atoms with van der Waals surface area (Å²) in [5.74, 6) is 2.46. The summed E-state index contributed by atoms with van der Waals surface area (Å²) in [6.07, 6.45) is 4.47. The van der Waals surface area contributed by atoms with Crippen molar-refractivity contribution in [3.05, 3.63) is 66.7 Å². The van der Waals surface area contributed by atoms with Gasteiger partial charge < -0.3 is 4.90 Å². The molecule has 0 unspecified atom stereocenters. The van der Waals surface area contributed by atoms with Crippen LogP contribution in [0.1, 0.15) is 12.7 Å². The zero-order valence-electron chi connectivity index (χ0n) is 14.7. The van der Waals surface area contributed by atoms with Crippen LogP contribution in [0, 0.1) is 0 Å². The number of anilines is 4. The highest BCUT2D eigenvalue weighted by Gasteiger charge is 2.13. The van der Waals surface area contributed by atoms with Crippen LogP contribution in [0.25, 0.3) is 5.52 Å². The van der Waals surface area contributed by atoms with E-state index >= 15 is 0 Å². The molecule has 0 spiro atoms. The third kappa shape index (κ3) is 3.06. The van der Waals surface area contributed by atoms with Crippen molar-refractivity contribution in [1.82, 2.24) is 24.3 Å². The van der Waals surface area contributed by atoms with Crippen LogP contribution in [-0.2, 0) is 6.42 Å². The topological polar surface area (TPSA) is 71.2 Å². The molecule has 0 bridgehead atoms. The first kappa shape index (κ1) is 16.0. The van der Waals surface area contributed by atoms with Gasteiger partial charge in [-0.3, -0.25) is 9.72 Å². The lowest BCUT2D eigenvalue weighted by molar-refractivity contribution is 0.883. The van der Waals surface area contributed by atoms with E-state index in [0.29, 0.717) is 17.8 Å². The summed E-state index contributed by atoms with van der Waals surface area (Å²) >= 11 is 0. The average Bonchev–Trinajstić information content (AvgIpc) is 3.10.